The van der Waals surface area contributed by atoms with E-state index in [1.54, 1.807) is 11.3 Å². The Kier molecular flexibility index (Phi) is 7.43. The summed E-state index contributed by atoms with van der Waals surface area (Å²) in [5.74, 6) is 0.0971. The lowest BCUT2D eigenvalue weighted by molar-refractivity contribution is -0.120. The molecule has 1 aliphatic heterocycles. The Labute approximate surface area is 236 Å². The van der Waals surface area contributed by atoms with Crippen molar-refractivity contribution in [2.75, 3.05) is 23.3 Å². The Hall–Kier alpha value is -3.38. The maximum Gasteiger partial charge on any atom is 0.239 e. The fraction of sp³-hybridized carbons (Fsp3) is 0.394. The number of para-hydroxylation sites is 2. The van der Waals surface area contributed by atoms with Crippen LogP contribution in [0.2, 0.25) is 0 Å². The molecular weight excluding hydrogens is 502 g/mol. The van der Waals surface area contributed by atoms with Crippen LogP contribution >= 0.6 is 11.3 Å². The Balaban J connectivity index is 1.56. The maximum atomic E-state index is 13.9. The molecule has 1 aliphatic carbocycles. The number of allylic oxidation sites excluding steroid dienone is 1. The summed E-state index contributed by atoms with van der Waals surface area (Å²) in [5.41, 5.74) is 5.75. The first-order chi connectivity index (χ1) is 18.5. The molecule has 1 unspecified atom stereocenters. The molecule has 39 heavy (non-hydrogen) atoms. The molecule has 1 aromatic heterocycles. The summed E-state index contributed by atoms with van der Waals surface area (Å²) in [6.45, 7) is 11.6. The van der Waals surface area contributed by atoms with Crippen molar-refractivity contribution >= 4 is 34.4 Å². The number of carbonyl (C=O) groups is 2. The molecule has 0 fully saturated rings. The molecule has 2 heterocycles. The average Bonchev–Trinajstić information content (AvgIpc) is 3.34. The normalized spacial score (nSPS) is 18.6. The molecule has 1 atom stereocenters. The van der Waals surface area contributed by atoms with E-state index in [4.69, 9.17) is 0 Å². The van der Waals surface area contributed by atoms with E-state index in [2.05, 4.69) is 85.9 Å². The lowest BCUT2D eigenvalue weighted by atomic mass is 9.73. The molecule has 2 aliphatic rings. The summed E-state index contributed by atoms with van der Waals surface area (Å²) >= 11 is 1.70. The lowest BCUT2D eigenvalue weighted by Gasteiger charge is -2.38. The molecular formula is C33H39N3O2S. The molecule has 0 saturated heterocycles. The van der Waals surface area contributed by atoms with Gasteiger partial charge in [-0.3, -0.25) is 9.59 Å². The quantitative estimate of drug-likeness (QED) is 0.352. The van der Waals surface area contributed by atoms with Gasteiger partial charge in [0.1, 0.15) is 0 Å². The molecule has 6 heteroatoms. The number of carbonyl (C=O) groups excluding carboxylic acids is 2. The van der Waals surface area contributed by atoms with Gasteiger partial charge in [0.05, 0.1) is 24.0 Å². The molecule has 204 valence electrons. The molecule has 0 saturated carbocycles. The second-order valence-electron chi connectivity index (χ2n) is 12.6. The van der Waals surface area contributed by atoms with E-state index in [-0.39, 0.29) is 35.1 Å². The summed E-state index contributed by atoms with van der Waals surface area (Å²) in [4.78, 5) is 30.6. The van der Waals surface area contributed by atoms with Crippen LogP contribution in [0.5, 0.6) is 0 Å². The van der Waals surface area contributed by atoms with Gasteiger partial charge in [0.2, 0.25) is 5.91 Å². The van der Waals surface area contributed by atoms with Gasteiger partial charge in [-0.2, -0.15) is 0 Å². The zero-order valence-corrected chi connectivity index (χ0v) is 24.5. The first kappa shape index (κ1) is 27.2. The van der Waals surface area contributed by atoms with Crippen molar-refractivity contribution in [3.63, 3.8) is 0 Å². The van der Waals surface area contributed by atoms with Crippen LogP contribution in [0.15, 0.2) is 77.3 Å². The number of nitrogens with one attached hydrogen (secondary N) is 2. The zero-order valence-electron chi connectivity index (χ0n) is 23.6. The highest BCUT2D eigenvalue weighted by Crippen LogP contribution is 2.48. The van der Waals surface area contributed by atoms with Crippen LogP contribution in [0, 0.1) is 5.41 Å². The molecule has 1 amide bonds. The summed E-state index contributed by atoms with van der Waals surface area (Å²) in [7, 11) is 0. The Morgan fingerprint density at radius 1 is 1.05 bits per heavy atom. The number of thiophene rings is 1. The number of amides is 1. The molecule has 2 N–H and O–H groups in total. The largest absolute Gasteiger partial charge is 0.357 e. The number of hydrogen-bond donors (Lipinski definition) is 2. The SMILES string of the molecule is CC1(C)CC(=O)C2=C(C1)Nc1ccccc1N(CC(=O)NCCc1cccs1)C2c1ccc(C(C)(C)C)cc1. The molecule has 5 rings (SSSR count). The monoisotopic (exact) mass is 541 g/mol. The van der Waals surface area contributed by atoms with Crippen LogP contribution in [0.1, 0.15) is 69.5 Å². The van der Waals surface area contributed by atoms with Crippen LogP contribution in [-0.4, -0.2) is 24.8 Å². The minimum Gasteiger partial charge on any atom is -0.357 e. The highest BCUT2D eigenvalue weighted by Gasteiger charge is 2.42. The van der Waals surface area contributed by atoms with Gasteiger partial charge >= 0.3 is 0 Å². The van der Waals surface area contributed by atoms with Gasteiger partial charge in [-0.25, -0.2) is 0 Å². The van der Waals surface area contributed by atoms with Gasteiger partial charge in [0.25, 0.3) is 0 Å². The standard InChI is InChI=1S/C33H39N3O2S/c1-32(2,3)23-14-12-22(13-15-23)31-30-26(19-33(4,5)20-28(30)37)35-25-10-6-7-11-27(25)36(31)21-29(38)34-17-16-24-9-8-18-39-24/h6-15,18,31,35H,16-17,19-21H2,1-5H3,(H,34,38). The van der Waals surface area contributed by atoms with E-state index in [0.29, 0.717) is 13.0 Å². The average molecular weight is 542 g/mol. The highest BCUT2D eigenvalue weighted by molar-refractivity contribution is 7.09. The first-order valence-electron chi connectivity index (χ1n) is 13.8. The third-order valence-corrected chi connectivity index (χ3v) is 8.62. The van der Waals surface area contributed by atoms with Gasteiger partial charge in [-0.05, 0) is 58.4 Å². The van der Waals surface area contributed by atoms with E-state index in [1.807, 2.05) is 30.3 Å². The molecule has 0 bridgehead atoms. The zero-order chi connectivity index (χ0) is 27.8. The summed E-state index contributed by atoms with van der Waals surface area (Å²) in [6.07, 6.45) is 2.07. The maximum absolute atomic E-state index is 13.9. The van der Waals surface area contributed by atoms with E-state index >= 15 is 0 Å². The number of ketones is 1. The number of anilines is 2. The van der Waals surface area contributed by atoms with Crippen LogP contribution in [0.4, 0.5) is 11.4 Å². The minimum absolute atomic E-state index is 0.0212. The van der Waals surface area contributed by atoms with Crippen molar-refractivity contribution in [1.82, 2.24) is 5.32 Å². The lowest BCUT2D eigenvalue weighted by Crippen LogP contribution is -2.42. The summed E-state index contributed by atoms with van der Waals surface area (Å²) < 4.78 is 0. The predicted octanol–water partition coefficient (Wildman–Crippen LogP) is 7.02. The molecule has 2 aromatic carbocycles. The van der Waals surface area contributed by atoms with Gasteiger partial charge in [0.15, 0.2) is 5.78 Å². The van der Waals surface area contributed by atoms with Gasteiger partial charge in [0, 0.05) is 29.1 Å². The predicted molar refractivity (Wildman–Crippen MR) is 161 cm³/mol. The molecule has 3 aromatic rings. The third-order valence-electron chi connectivity index (χ3n) is 7.68. The molecule has 5 nitrogen and oxygen atoms in total. The number of fused-ring (bicyclic) bond motifs is 1. The van der Waals surface area contributed by atoms with E-state index < -0.39 is 0 Å². The fourth-order valence-electron chi connectivity index (χ4n) is 5.73. The van der Waals surface area contributed by atoms with Gasteiger partial charge in [-0.15, -0.1) is 11.3 Å². The number of Topliss-reactive ketones (excluding diaryl/α,β-unsaturated/α-hetero) is 1. The second kappa shape index (κ2) is 10.6. The van der Waals surface area contributed by atoms with Crippen LogP contribution in [0.25, 0.3) is 0 Å². The summed E-state index contributed by atoms with van der Waals surface area (Å²) in [5, 5.41) is 8.81. The Morgan fingerprint density at radius 2 is 1.79 bits per heavy atom. The Bertz CT molecular complexity index is 1380. The van der Waals surface area contributed by atoms with Gasteiger partial charge < -0.3 is 15.5 Å². The van der Waals surface area contributed by atoms with Crippen LogP contribution < -0.4 is 15.5 Å². The van der Waals surface area contributed by atoms with Crippen molar-refractivity contribution < 1.29 is 9.59 Å². The number of nitrogens with zero attached hydrogens (tertiary/aromatic N) is 1. The Morgan fingerprint density at radius 3 is 2.49 bits per heavy atom. The van der Waals surface area contributed by atoms with Gasteiger partial charge in [-0.1, -0.05) is 77.1 Å². The van der Waals surface area contributed by atoms with E-state index in [1.165, 1.54) is 10.4 Å². The van der Waals surface area contributed by atoms with E-state index in [0.717, 1.165) is 41.1 Å². The van der Waals surface area contributed by atoms with Crippen LogP contribution in [-0.2, 0) is 21.4 Å². The summed E-state index contributed by atoms with van der Waals surface area (Å²) in [6, 6.07) is 20.4. The van der Waals surface area contributed by atoms with Crippen molar-refractivity contribution in [1.29, 1.82) is 0 Å². The molecule has 0 radical (unpaired) electrons. The minimum atomic E-state index is -0.364. The number of hydrogen-bond acceptors (Lipinski definition) is 5. The smallest absolute Gasteiger partial charge is 0.239 e. The van der Waals surface area contributed by atoms with Crippen molar-refractivity contribution in [2.24, 2.45) is 5.41 Å². The van der Waals surface area contributed by atoms with Crippen molar-refractivity contribution in [2.45, 2.75) is 65.3 Å². The molecule has 0 spiro atoms. The highest BCUT2D eigenvalue weighted by atomic mass is 32.1. The van der Waals surface area contributed by atoms with E-state index in [9.17, 15) is 9.59 Å². The number of benzene rings is 2. The number of rotatable bonds is 6. The topological polar surface area (TPSA) is 61.4 Å². The van der Waals surface area contributed by atoms with Crippen molar-refractivity contribution in [3.8, 4) is 0 Å². The fourth-order valence-corrected chi connectivity index (χ4v) is 6.44. The second-order valence-corrected chi connectivity index (χ2v) is 13.6. The van der Waals surface area contributed by atoms with Crippen molar-refractivity contribution in [3.05, 3.63) is 93.3 Å². The third kappa shape index (κ3) is 5.96. The first-order valence-corrected chi connectivity index (χ1v) is 14.7. The van der Waals surface area contributed by atoms with Crippen LogP contribution in [0.3, 0.4) is 0 Å².